The summed E-state index contributed by atoms with van der Waals surface area (Å²) < 4.78 is 1.84. The van der Waals surface area contributed by atoms with Gasteiger partial charge in [0.2, 0.25) is 0 Å². The fourth-order valence-corrected chi connectivity index (χ4v) is 2.27. The highest BCUT2D eigenvalue weighted by molar-refractivity contribution is 5.85. The predicted octanol–water partition coefficient (Wildman–Crippen LogP) is 1.13. The molecule has 3 heterocycles. The number of benzene rings is 1. The Bertz CT molecular complexity index is 905. The van der Waals surface area contributed by atoms with Crippen molar-refractivity contribution in [3.63, 3.8) is 0 Å². The van der Waals surface area contributed by atoms with Crippen molar-refractivity contribution in [2.75, 3.05) is 0 Å². The maximum atomic E-state index is 5.68. The molecule has 20 heavy (non-hydrogen) atoms. The minimum Gasteiger partial charge on any atom is -0.340 e. The minimum absolute atomic E-state index is 0.494. The smallest absolute Gasteiger partial charge is 0.190 e. The Morgan fingerprint density at radius 2 is 2.15 bits per heavy atom. The van der Waals surface area contributed by atoms with Crippen LogP contribution in [0.1, 0.15) is 5.56 Å². The van der Waals surface area contributed by atoms with E-state index in [4.69, 9.17) is 5.73 Å². The number of H-pyrrole nitrogens is 1. The zero-order chi connectivity index (χ0) is 13.5. The molecule has 0 atom stereocenters. The molecule has 7 nitrogen and oxygen atoms in total. The van der Waals surface area contributed by atoms with Crippen molar-refractivity contribution < 1.29 is 0 Å². The van der Waals surface area contributed by atoms with E-state index in [0.29, 0.717) is 17.8 Å². The molecule has 0 radical (unpaired) electrons. The number of aromatic amines is 1. The van der Waals surface area contributed by atoms with E-state index in [9.17, 15) is 0 Å². The maximum Gasteiger partial charge on any atom is 0.190 e. The zero-order valence-corrected chi connectivity index (χ0v) is 10.5. The van der Waals surface area contributed by atoms with Crippen LogP contribution in [-0.2, 0) is 6.54 Å². The van der Waals surface area contributed by atoms with Crippen LogP contribution in [0.4, 0.5) is 0 Å². The van der Waals surface area contributed by atoms with Crippen molar-refractivity contribution in [3.05, 3.63) is 42.5 Å². The number of nitrogens with zero attached hydrogens (tertiary/aromatic N) is 5. The summed E-state index contributed by atoms with van der Waals surface area (Å²) in [6, 6.07) is 7.93. The van der Waals surface area contributed by atoms with Gasteiger partial charge in [-0.05, 0) is 11.6 Å². The van der Waals surface area contributed by atoms with E-state index >= 15 is 0 Å². The summed E-state index contributed by atoms with van der Waals surface area (Å²) in [4.78, 5) is 11.4. The Hall–Kier alpha value is -2.80. The molecule has 3 aromatic heterocycles. The molecule has 4 aromatic rings. The largest absolute Gasteiger partial charge is 0.340 e. The van der Waals surface area contributed by atoms with E-state index in [1.54, 1.807) is 12.7 Å². The number of hydrogen-bond donors (Lipinski definition) is 2. The van der Waals surface area contributed by atoms with Crippen LogP contribution in [0.5, 0.6) is 0 Å². The highest BCUT2D eigenvalue weighted by Crippen LogP contribution is 2.21. The van der Waals surface area contributed by atoms with Gasteiger partial charge in [-0.1, -0.05) is 18.2 Å². The molecule has 0 aliphatic rings. The van der Waals surface area contributed by atoms with Crippen LogP contribution >= 0.6 is 0 Å². The van der Waals surface area contributed by atoms with Crippen molar-refractivity contribution in [2.45, 2.75) is 6.54 Å². The first-order chi connectivity index (χ1) is 9.86. The lowest BCUT2D eigenvalue weighted by atomic mass is 10.1. The van der Waals surface area contributed by atoms with Gasteiger partial charge < -0.3 is 10.7 Å². The van der Waals surface area contributed by atoms with Gasteiger partial charge in [0.1, 0.15) is 11.8 Å². The Balaban J connectivity index is 1.99. The SMILES string of the molecule is NCc1cccc(-c2nnc3c4[nH]cnc4ncn23)c1. The van der Waals surface area contributed by atoms with Crippen molar-refractivity contribution >= 4 is 16.8 Å². The molecule has 0 saturated heterocycles. The second kappa shape index (κ2) is 4.10. The highest BCUT2D eigenvalue weighted by atomic mass is 15.3. The molecular formula is C13H11N7. The molecule has 0 unspecified atom stereocenters. The molecule has 0 aliphatic carbocycles. The van der Waals surface area contributed by atoms with Gasteiger partial charge in [0.25, 0.3) is 0 Å². The summed E-state index contributed by atoms with van der Waals surface area (Å²) in [7, 11) is 0. The third kappa shape index (κ3) is 1.50. The monoisotopic (exact) mass is 265 g/mol. The van der Waals surface area contributed by atoms with Crippen molar-refractivity contribution in [1.82, 2.24) is 29.5 Å². The lowest BCUT2D eigenvalue weighted by molar-refractivity contribution is 1.06. The summed E-state index contributed by atoms with van der Waals surface area (Å²) in [6.07, 6.45) is 3.28. The van der Waals surface area contributed by atoms with E-state index in [1.807, 2.05) is 28.7 Å². The number of fused-ring (bicyclic) bond motifs is 3. The van der Waals surface area contributed by atoms with Crippen LogP contribution in [0.2, 0.25) is 0 Å². The molecular weight excluding hydrogens is 254 g/mol. The van der Waals surface area contributed by atoms with Crippen LogP contribution in [-0.4, -0.2) is 29.5 Å². The molecule has 4 rings (SSSR count). The first-order valence-corrected chi connectivity index (χ1v) is 6.19. The number of nitrogens with two attached hydrogens (primary N) is 1. The van der Waals surface area contributed by atoms with E-state index < -0.39 is 0 Å². The second-order valence-corrected chi connectivity index (χ2v) is 4.47. The van der Waals surface area contributed by atoms with Crippen molar-refractivity contribution in [2.24, 2.45) is 5.73 Å². The first-order valence-electron chi connectivity index (χ1n) is 6.19. The molecule has 0 amide bonds. The normalized spacial score (nSPS) is 11.4. The summed E-state index contributed by atoms with van der Waals surface area (Å²) in [5, 5.41) is 8.48. The van der Waals surface area contributed by atoms with Crippen molar-refractivity contribution in [1.29, 1.82) is 0 Å². The minimum atomic E-state index is 0.494. The molecule has 0 spiro atoms. The van der Waals surface area contributed by atoms with Crippen LogP contribution < -0.4 is 5.73 Å². The van der Waals surface area contributed by atoms with E-state index in [0.717, 1.165) is 22.5 Å². The van der Waals surface area contributed by atoms with Gasteiger partial charge in [-0.15, -0.1) is 10.2 Å². The number of hydrogen-bond acceptors (Lipinski definition) is 5. The van der Waals surface area contributed by atoms with E-state index in [2.05, 4.69) is 25.1 Å². The lowest BCUT2D eigenvalue weighted by Crippen LogP contribution is -1.97. The predicted molar refractivity (Wildman–Crippen MR) is 73.8 cm³/mol. The average Bonchev–Trinajstić information content (AvgIpc) is 3.12. The van der Waals surface area contributed by atoms with E-state index in [1.165, 1.54) is 0 Å². The van der Waals surface area contributed by atoms with Gasteiger partial charge in [-0.2, -0.15) is 0 Å². The van der Waals surface area contributed by atoms with Gasteiger partial charge in [0, 0.05) is 12.1 Å². The third-order valence-electron chi connectivity index (χ3n) is 3.26. The number of aromatic nitrogens is 6. The van der Waals surface area contributed by atoms with Gasteiger partial charge in [-0.3, -0.25) is 4.40 Å². The van der Waals surface area contributed by atoms with Gasteiger partial charge >= 0.3 is 0 Å². The summed E-state index contributed by atoms with van der Waals surface area (Å²) in [5.41, 5.74) is 9.81. The number of rotatable bonds is 2. The standard InChI is InChI=1S/C13H11N7/c14-5-8-2-1-3-9(4-8)12-18-19-13-10-11(16-6-15-10)17-7-20(12)13/h1-4,6-7H,5,14H2,(H,15,16). The van der Waals surface area contributed by atoms with Crippen molar-refractivity contribution in [3.8, 4) is 11.4 Å². The summed E-state index contributed by atoms with van der Waals surface area (Å²) in [5.74, 6) is 0.735. The molecule has 3 N–H and O–H groups in total. The highest BCUT2D eigenvalue weighted by Gasteiger charge is 2.12. The second-order valence-electron chi connectivity index (χ2n) is 4.47. The zero-order valence-electron chi connectivity index (χ0n) is 10.5. The van der Waals surface area contributed by atoms with Crippen LogP contribution in [0, 0.1) is 0 Å². The third-order valence-corrected chi connectivity index (χ3v) is 3.26. The Labute approximate surface area is 113 Å². The van der Waals surface area contributed by atoms with Gasteiger partial charge in [0.15, 0.2) is 17.1 Å². The Morgan fingerprint density at radius 3 is 3.05 bits per heavy atom. The summed E-state index contributed by atoms with van der Waals surface area (Å²) >= 11 is 0. The van der Waals surface area contributed by atoms with Gasteiger partial charge in [-0.25, -0.2) is 9.97 Å². The fourth-order valence-electron chi connectivity index (χ4n) is 2.27. The summed E-state index contributed by atoms with van der Waals surface area (Å²) in [6.45, 7) is 0.494. The molecule has 7 heteroatoms. The quantitative estimate of drug-likeness (QED) is 0.566. The Morgan fingerprint density at radius 1 is 1.20 bits per heavy atom. The maximum absolute atomic E-state index is 5.68. The first kappa shape index (κ1) is 11.1. The van der Waals surface area contributed by atoms with Crippen LogP contribution in [0.15, 0.2) is 36.9 Å². The lowest BCUT2D eigenvalue weighted by Gasteiger charge is -2.02. The number of nitrogens with one attached hydrogen (secondary N) is 1. The Kier molecular flexibility index (Phi) is 2.27. The average molecular weight is 265 g/mol. The molecule has 0 bridgehead atoms. The number of imidazole rings is 1. The van der Waals surface area contributed by atoms with Crippen LogP contribution in [0.25, 0.3) is 28.2 Å². The molecule has 0 saturated carbocycles. The molecule has 0 fully saturated rings. The van der Waals surface area contributed by atoms with E-state index in [-0.39, 0.29) is 0 Å². The van der Waals surface area contributed by atoms with Crippen LogP contribution in [0.3, 0.4) is 0 Å². The topological polar surface area (TPSA) is 97.8 Å². The molecule has 1 aromatic carbocycles. The van der Waals surface area contributed by atoms with Gasteiger partial charge in [0.05, 0.1) is 6.33 Å². The fraction of sp³-hybridized carbons (Fsp3) is 0.0769. The molecule has 0 aliphatic heterocycles. The molecule has 98 valence electrons.